The lowest BCUT2D eigenvalue weighted by Crippen LogP contribution is -2.48. The van der Waals surface area contributed by atoms with Crippen molar-refractivity contribution in [3.8, 4) is 0 Å². The van der Waals surface area contributed by atoms with Gasteiger partial charge in [0.25, 0.3) is 0 Å². The number of hydrogen-bond donors (Lipinski definition) is 0. The number of carbonyl (C=O) groups is 1. The van der Waals surface area contributed by atoms with Gasteiger partial charge in [0.2, 0.25) is 5.91 Å². The summed E-state index contributed by atoms with van der Waals surface area (Å²) in [5, 5.41) is 3.25. The second-order valence-corrected chi connectivity index (χ2v) is 8.16. The van der Waals surface area contributed by atoms with E-state index >= 15 is 0 Å². The van der Waals surface area contributed by atoms with E-state index in [-0.39, 0.29) is 5.91 Å². The number of piperazine rings is 1. The zero-order valence-corrected chi connectivity index (χ0v) is 15.6. The highest BCUT2D eigenvalue weighted by Gasteiger charge is 2.21. The third-order valence-electron chi connectivity index (χ3n) is 4.11. The second kappa shape index (κ2) is 8.65. The quantitative estimate of drug-likeness (QED) is 0.740. The average molecular weight is 362 g/mol. The molecule has 0 bridgehead atoms. The van der Waals surface area contributed by atoms with Crippen LogP contribution in [0.2, 0.25) is 0 Å². The molecule has 0 unspecified atom stereocenters. The number of thiazole rings is 1. The van der Waals surface area contributed by atoms with Gasteiger partial charge in [-0.2, -0.15) is 0 Å². The van der Waals surface area contributed by atoms with Crippen LogP contribution in [-0.2, 0) is 11.3 Å². The van der Waals surface area contributed by atoms with E-state index in [0.717, 1.165) is 49.2 Å². The van der Waals surface area contributed by atoms with Gasteiger partial charge in [-0.1, -0.05) is 18.2 Å². The van der Waals surface area contributed by atoms with Gasteiger partial charge >= 0.3 is 0 Å². The molecule has 1 saturated heterocycles. The van der Waals surface area contributed by atoms with Gasteiger partial charge in [0.1, 0.15) is 0 Å². The summed E-state index contributed by atoms with van der Waals surface area (Å²) in [4.78, 5) is 22.5. The zero-order valence-electron chi connectivity index (χ0n) is 14.0. The normalized spacial score (nSPS) is 15.6. The Balaban J connectivity index is 1.37. The van der Waals surface area contributed by atoms with Crippen LogP contribution in [0.5, 0.6) is 0 Å². The van der Waals surface area contributed by atoms with Gasteiger partial charge in [0.15, 0.2) is 0 Å². The maximum atomic E-state index is 12.3. The zero-order chi connectivity index (χ0) is 16.8. The summed E-state index contributed by atoms with van der Waals surface area (Å²) >= 11 is 3.45. The van der Waals surface area contributed by atoms with Crippen LogP contribution in [0, 0.1) is 6.92 Å². The largest absolute Gasteiger partial charge is 0.340 e. The number of aryl methyl sites for hydroxylation is 1. The smallest absolute Gasteiger partial charge is 0.223 e. The van der Waals surface area contributed by atoms with Gasteiger partial charge in [-0.05, 0) is 19.1 Å². The second-order valence-electron chi connectivity index (χ2n) is 5.93. The van der Waals surface area contributed by atoms with Gasteiger partial charge < -0.3 is 4.90 Å². The Kier molecular flexibility index (Phi) is 6.29. The number of amides is 1. The summed E-state index contributed by atoms with van der Waals surface area (Å²) in [5.41, 5.74) is 1.15. The monoisotopic (exact) mass is 361 g/mol. The van der Waals surface area contributed by atoms with Crippen molar-refractivity contribution in [1.82, 2.24) is 14.8 Å². The minimum Gasteiger partial charge on any atom is -0.340 e. The third-order valence-corrected chi connectivity index (χ3v) is 5.94. The standard InChI is InChI=1S/C18H23N3OS2/c1-15-19-16(14-24-15)13-20-8-10-21(11-9-20)18(22)7-12-23-17-5-3-2-4-6-17/h2-6,14H,7-13H2,1H3. The predicted octanol–water partition coefficient (Wildman–Crippen LogP) is 3.28. The molecule has 1 aliphatic heterocycles. The SMILES string of the molecule is Cc1nc(CN2CCN(C(=O)CCSc3ccccc3)CC2)cs1. The Bertz CT molecular complexity index is 651. The van der Waals surface area contributed by atoms with Crippen molar-refractivity contribution in [3.63, 3.8) is 0 Å². The van der Waals surface area contributed by atoms with Crippen LogP contribution in [0.25, 0.3) is 0 Å². The first-order chi connectivity index (χ1) is 11.7. The van der Waals surface area contributed by atoms with Crippen molar-refractivity contribution < 1.29 is 4.79 Å². The first kappa shape index (κ1) is 17.5. The summed E-state index contributed by atoms with van der Waals surface area (Å²) in [7, 11) is 0. The number of carbonyl (C=O) groups excluding carboxylic acids is 1. The highest BCUT2D eigenvalue weighted by Crippen LogP contribution is 2.18. The van der Waals surface area contributed by atoms with Crippen molar-refractivity contribution >= 4 is 29.0 Å². The summed E-state index contributed by atoms with van der Waals surface area (Å²) in [6.45, 7) is 6.48. The molecule has 1 fully saturated rings. The number of aromatic nitrogens is 1. The van der Waals surface area contributed by atoms with E-state index in [9.17, 15) is 4.79 Å². The van der Waals surface area contributed by atoms with Crippen molar-refractivity contribution in [2.45, 2.75) is 24.8 Å². The first-order valence-corrected chi connectivity index (χ1v) is 10.2. The van der Waals surface area contributed by atoms with Gasteiger partial charge in [-0.3, -0.25) is 9.69 Å². The molecule has 0 N–H and O–H groups in total. The molecule has 1 aliphatic rings. The summed E-state index contributed by atoms with van der Waals surface area (Å²) < 4.78 is 0. The highest BCUT2D eigenvalue weighted by atomic mass is 32.2. The Morgan fingerprint density at radius 2 is 1.96 bits per heavy atom. The molecule has 0 spiro atoms. The molecule has 6 heteroatoms. The predicted molar refractivity (Wildman–Crippen MR) is 100 cm³/mol. The van der Waals surface area contributed by atoms with E-state index in [1.807, 2.05) is 30.0 Å². The fourth-order valence-corrected chi connectivity index (χ4v) is 4.26. The van der Waals surface area contributed by atoms with Crippen LogP contribution in [0.4, 0.5) is 0 Å². The van der Waals surface area contributed by atoms with Crippen molar-refractivity contribution in [2.75, 3.05) is 31.9 Å². The lowest BCUT2D eigenvalue weighted by atomic mass is 10.2. The van der Waals surface area contributed by atoms with E-state index in [2.05, 4.69) is 27.4 Å². The van der Waals surface area contributed by atoms with E-state index < -0.39 is 0 Å². The van der Waals surface area contributed by atoms with Crippen LogP contribution in [-0.4, -0.2) is 52.6 Å². The van der Waals surface area contributed by atoms with Gasteiger partial charge in [0.05, 0.1) is 10.7 Å². The number of hydrogen-bond acceptors (Lipinski definition) is 5. The summed E-state index contributed by atoms with van der Waals surface area (Å²) in [6, 6.07) is 10.3. The van der Waals surface area contributed by atoms with Gasteiger partial charge in [0, 0.05) is 55.2 Å². The Labute approximate surface area is 151 Å². The molecule has 2 aromatic rings. The van der Waals surface area contributed by atoms with Crippen molar-refractivity contribution in [2.24, 2.45) is 0 Å². The molecule has 4 nitrogen and oxygen atoms in total. The maximum absolute atomic E-state index is 12.3. The molecule has 1 amide bonds. The highest BCUT2D eigenvalue weighted by molar-refractivity contribution is 7.99. The van der Waals surface area contributed by atoms with Crippen LogP contribution < -0.4 is 0 Å². The molecular weight excluding hydrogens is 338 g/mol. The molecule has 0 atom stereocenters. The summed E-state index contributed by atoms with van der Waals surface area (Å²) in [6.07, 6.45) is 0.616. The van der Waals surface area contributed by atoms with Crippen LogP contribution in [0.3, 0.4) is 0 Å². The number of rotatable bonds is 6. The average Bonchev–Trinajstić information content (AvgIpc) is 3.01. The molecule has 1 aromatic carbocycles. The maximum Gasteiger partial charge on any atom is 0.223 e. The molecule has 3 rings (SSSR count). The van der Waals surface area contributed by atoms with E-state index in [1.165, 1.54) is 4.90 Å². The molecule has 1 aromatic heterocycles. The molecular formula is C18H23N3OS2. The fourth-order valence-electron chi connectivity index (χ4n) is 2.80. The molecule has 0 radical (unpaired) electrons. The molecule has 2 heterocycles. The Hall–Kier alpha value is -1.37. The lowest BCUT2D eigenvalue weighted by molar-refractivity contribution is -0.132. The van der Waals surface area contributed by atoms with Gasteiger partial charge in [-0.15, -0.1) is 23.1 Å². The van der Waals surface area contributed by atoms with E-state index in [4.69, 9.17) is 0 Å². The number of thioether (sulfide) groups is 1. The minimum absolute atomic E-state index is 0.280. The van der Waals surface area contributed by atoms with Crippen LogP contribution >= 0.6 is 23.1 Å². The van der Waals surface area contributed by atoms with Crippen molar-refractivity contribution in [3.05, 3.63) is 46.4 Å². The Morgan fingerprint density at radius 1 is 1.21 bits per heavy atom. The topological polar surface area (TPSA) is 36.4 Å². The Morgan fingerprint density at radius 3 is 2.62 bits per heavy atom. The minimum atomic E-state index is 0.280. The molecule has 0 aliphatic carbocycles. The number of benzene rings is 1. The molecule has 24 heavy (non-hydrogen) atoms. The summed E-state index contributed by atoms with van der Waals surface area (Å²) in [5.74, 6) is 1.13. The molecule has 128 valence electrons. The van der Waals surface area contributed by atoms with Gasteiger partial charge in [-0.25, -0.2) is 4.98 Å². The fraction of sp³-hybridized carbons (Fsp3) is 0.444. The third kappa shape index (κ3) is 5.06. The van der Waals surface area contributed by atoms with Crippen molar-refractivity contribution in [1.29, 1.82) is 0 Å². The first-order valence-electron chi connectivity index (χ1n) is 8.30. The van der Waals surface area contributed by atoms with Crippen LogP contribution in [0.15, 0.2) is 40.6 Å². The number of nitrogens with zero attached hydrogens (tertiary/aromatic N) is 3. The molecule has 0 saturated carbocycles. The lowest BCUT2D eigenvalue weighted by Gasteiger charge is -2.34. The van der Waals surface area contributed by atoms with Crippen LogP contribution in [0.1, 0.15) is 17.1 Å². The van der Waals surface area contributed by atoms with E-state index in [0.29, 0.717) is 6.42 Å². The van der Waals surface area contributed by atoms with E-state index in [1.54, 1.807) is 23.1 Å².